The number of aromatic nitrogens is 2. The molecule has 1 rings (SSSR count). The summed E-state index contributed by atoms with van der Waals surface area (Å²) in [6.45, 7) is 3.39. The van der Waals surface area contributed by atoms with Crippen LogP contribution in [0.25, 0.3) is 0 Å². The van der Waals surface area contributed by atoms with Crippen LogP contribution < -0.4 is 10.1 Å². The number of nitrogens with one attached hydrogen (secondary N) is 1. The van der Waals surface area contributed by atoms with E-state index in [0.29, 0.717) is 26.2 Å². The number of rotatable bonds is 9. The van der Waals surface area contributed by atoms with Crippen molar-refractivity contribution < 1.29 is 14.4 Å². The predicted molar refractivity (Wildman–Crippen MR) is 69.5 cm³/mol. The molecule has 0 aliphatic carbocycles. The lowest BCUT2D eigenvalue weighted by Crippen LogP contribution is -2.09. The lowest BCUT2D eigenvalue weighted by atomic mass is 10.4. The topological polar surface area (TPSA) is 99.4 Å². The molecule has 1 N–H and O–H groups in total. The van der Waals surface area contributed by atoms with E-state index in [1.165, 1.54) is 6.33 Å². The maximum atomic E-state index is 11.1. The highest BCUT2D eigenvalue weighted by Crippen LogP contribution is 2.30. The molecule has 0 saturated carbocycles. The normalized spacial score (nSPS) is 10.2. The van der Waals surface area contributed by atoms with Gasteiger partial charge >= 0.3 is 5.69 Å². The van der Waals surface area contributed by atoms with Gasteiger partial charge in [0.25, 0.3) is 5.88 Å². The molecule has 8 heteroatoms. The summed E-state index contributed by atoms with van der Waals surface area (Å²) in [5, 5.41) is 14.0. The number of ether oxygens (including phenoxy) is 2. The van der Waals surface area contributed by atoms with E-state index in [0.717, 1.165) is 6.42 Å². The SMILES string of the molecule is CCCNc1ncnc(OCCCOC)c1[N+](=O)[O-]. The van der Waals surface area contributed by atoms with Crippen LogP contribution in [0.2, 0.25) is 0 Å². The average Bonchev–Trinajstić information content (AvgIpc) is 2.41. The lowest BCUT2D eigenvalue weighted by Gasteiger charge is -2.08. The Morgan fingerprint density at radius 1 is 1.42 bits per heavy atom. The van der Waals surface area contributed by atoms with Crippen molar-refractivity contribution in [3.05, 3.63) is 16.4 Å². The van der Waals surface area contributed by atoms with Gasteiger partial charge in [0.05, 0.1) is 11.5 Å². The summed E-state index contributed by atoms with van der Waals surface area (Å²) >= 11 is 0. The van der Waals surface area contributed by atoms with Crippen molar-refractivity contribution >= 4 is 11.5 Å². The summed E-state index contributed by atoms with van der Waals surface area (Å²) in [7, 11) is 1.58. The Labute approximate surface area is 111 Å². The van der Waals surface area contributed by atoms with Crippen LogP contribution in [0.1, 0.15) is 19.8 Å². The van der Waals surface area contributed by atoms with Crippen LogP contribution in [0.5, 0.6) is 5.88 Å². The van der Waals surface area contributed by atoms with Crippen LogP contribution in [0.15, 0.2) is 6.33 Å². The highest BCUT2D eigenvalue weighted by atomic mass is 16.6. The van der Waals surface area contributed by atoms with Gasteiger partial charge in [-0.15, -0.1) is 0 Å². The Kier molecular flexibility index (Phi) is 6.51. The number of anilines is 1. The Morgan fingerprint density at radius 3 is 2.84 bits per heavy atom. The largest absolute Gasteiger partial charge is 0.473 e. The molecule has 0 amide bonds. The van der Waals surface area contributed by atoms with E-state index in [2.05, 4.69) is 15.3 Å². The molecule has 19 heavy (non-hydrogen) atoms. The zero-order valence-electron chi connectivity index (χ0n) is 11.1. The molecule has 0 atom stereocenters. The van der Waals surface area contributed by atoms with Gasteiger partial charge < -0.3 is 14.8 Å². The average molecular weight is 270 g/mol. The van der Waals surface area contributed by atoms with E-state index in [9.17, 15) is 10.1 Å². The van der Waals surface area contributed by atoms with Gasteiger partial charge in [-0.1, -0.05) is 6.92 Å². The molecule has 8 nitrogen and oxygen atoms in total. The van der Waals surface area contributed by atoms with Gasteiger partial charge in [-0.3, -0.25) is 10.1 Å². The maximum Gasteiger partial charge on any atom is 0.372 e. The Balaban J connectivity index is 2.80. The van der Waals surface area contributed by atoms with Gasteiger partial charge in [-0.2, -0.15) is 4.98 Å². The maximum absolute atomic E-state index is 11.1. The molecule has 0 aliphatic heterocycles. The van der Waals surface area contributed by atoms with Crippen molar-refractivity contribution in [2.45, 2.75) is 19.8 Å². The highest BCUT2D eigenvalue weighted by Gasteiger charge is 2.23. The van der Waals surface area contributed by atoms with Crippen molar-refractivity contribution in [3.8, 4) is 5.88 Å². The minimum atomic E-state index is -0.538. The number of methoxy groups -OCH3 is 1. The van der Waals surface area contributed by atoms with Gasteiger partial charge in [-0.05, 0) is 6.42 Å². The number of hydrogen-bond acceptors (Lipinski definition) is 7. The molecule has 0 saturated heterocycles. The van der Waals surface area contributed by atoms with Crippen LogP contribution in [-0.4, -0.2) is 41.8 Å². The third-order valence-corrected chi connectivity index (χ3v) is 2.25. The molecule has 1 heterocycles. The van der Waals surface area contributed by atoms with Crippen molar-refractivity contribution in [3.63, 3.8) is 0 Å². The van der Waals surface area contributed by atoms with Crippen LogP contribution in [0.4, 0.5) is 11.5 Å². The van der Waals surface area contributed by atoms with E-state index >= 15 is 0 Å². The van der Waals surface area contributed by atoms with Gasteiger partial charge in [-0.25, -0.2) is 4.98 Å². The lowest BCUT2D eigenvalue weighted by molar-refractivity contribution is -0.385. The molecule has 0 radical (unpaired) electrons. The van der Waals surface area contributed by atoms with E-state index in [1.807, 2.05) is 6.92 Å². The fourth-order valence-electron chi connectivity index (χ4n) is 1.38. The van der Waals surface area contributed by atoms with Gasteiger partial charge in [0.2, 0.25) is 5.82 Å². The molecule has 106 valence electrons. The smallest absolute Gasteiger partial charge is 0.372 e. The highest BCUT2D eigenvalue weighted by molar-refractivity contribution is 5.60. The monoisotopic (exact) mass is 270 g/mol. The second-order valence-electron chi connectivity index (χ2n) is 3.75. The first-order valence-electron chi connectivity index (χ1n) is 6.05. The zero-order chi connectivity index (χ0) is 14.1. The number of nitrogens with zero attached hydrogens (tertiary/aromatic N) is 3. The second-order valence-corrected chi connectivity index (χ2v) is 3.75. The summed E-state index contributed by atoms with van der Waals surface area (Å²) in [5.41, 5.74) is -0.228. The number of hydrogen-bond donors (Lipinski definition) is 1. The zero-order valence-corrected chi connectivity index (χ0v) is 11.1. The first-order chi connectivity index (χ1) is 9.20. The third kappa shape index (κ3) is 4.66. The summed E-state index contributed by atoms with van der Waals surface area (Å²) in [6.07, 6.45) is 2.72. The van der Waals surface area contributed by atoms with E-state index in [-0.39, 0.29) is 17.4 Å². The summed E-state index contributed by atoms with van der Waals surface area (Å²) in [5.74, 6) is 0.165. The van der Waals surface area contributed by atoms with E-state index in [4.69, 9.17) is 9.47 Å². The quantitative estimate of drug-likeness (QED) is 0.413. The Bertz CT molecular complexity index is 414. The van der Waals surface area contributed by atoms with Crippen molar-refractivity contribution in [1.82, 2.24) is 9.97 Å². The Morgan fingerprint density at radius 2 is 2.21 bits per heavy atom. The fourth-order valence-corrected chi connectivity index (χ4v) is 1.38. The van der Waals surface area contributed by atoms with Gasteiger partial charge in [0, 0.05) is 26.7 Å². The Hall–Kier alpha value is -1.96. The molecule has 0 unspecified atom stereocenters. The molecule has 0 aliphatic rings. The van der Waals surface area contributed by atoms with Crippen LogP contribution in [-0.2, 0) is 4.74 Å². The van der Waals surface area contributed by atoms with Crippen molar-refractivity contribution in [1.29, 1.82) is 0 Å². The van der Waals surface area contributed by atoms with Gasteiger partial charge in [0.15, 0.2) is 0 Å². The van der Waals surface area contributed by atoms with Gasteiger partial charge in [0.1, 0.15) is 6.33 Å². The fraction of sp³-hybridized carbons (Fsp3) is 0.636. The molecule has 0 bridgehead atoms. The number of nitro groups is 1. The van der Waals surface area contributed by atoms with Crippen LogP contribution >= 0.6 is 0 Å². The first-order valence-corrected chi connectivity index (χ1v) is 6.05. The minimum Gasteiger partial charge on any atom is -0.473 e. The standard InChI is InChI=1S/C11H18N4O4/c1-3-5-12-10-9(15(16)17)11(14-8-13-10)19-7-4-6-18-2/h8H,3-7H2,1-2H3,(H,12,13,14). The van der Waals surface area contributed by atoms with Crippen LogP contribution in [0.3, 0.4) is 0 Å². The second kappa shape index (κ2) is 8.20. The molecule has 1 aromatic rings. The molecule has 1 aromatic heterocycles. The summed E-state index contributed by atoms with van der Waals surface area (Å²) < 4.78 is 10.2. The summed E-state index contributed by atoms with van der Waals surface area (Å²) in [6, 6.07) is 0. The first kappa shape index (κ1) is 15.1. The molecular weight excluding hydrogens is 252 g/mol. The molecule has 0 fully saturated rings. The third-order valence-electron chi connectivity index (χ3n) is 2.25. The molecule has 0 aromatic carbocycles. The molecular formula is C11H18N4O4. The molecule has 0 spiro atoms. The minimum absolute atomic E-state index is 0.0188. The predicted octanol–water partition coefficient (Wildman–Crippen LogP) is 1.62. The summed E-state index contributed by atoms with van der Waals surface area (Å²) in [4.78, 5) is 18.2. The van der Waals surface area contributed by atoms with E-state index < -0.39 is 4.92 Å². The van der Waals surface area contributed by atoms with E-state index in [1.54, 1.807) is 7.11 Å². The van der Waals surface area contributed by atoms with Crippen molar-refractivity contribution in [2.24, 2.45) is 0 Å². The van der Waals surface area contributed by atoms with Crippen LogP contribution in [0, 0.1) is 10.1 Å². The van der Waals surface area contributed by atoms with Crippen molar-refractivity contribution in [2.75, 3.05) is 32.2 Å².